The van der Waals surface area contributed by atoms with Crippen LogP contribution < -0.4 is 5.73 Å². The van der Waals surface area contributed by atoms with E-state index in [0.717, 1.165) is 33.5 Å². The number of rotatable bonds is 2. The van der Waals surface area contributed by atoms with Gasteiger partial charge in [-0.2, -0.15) is 0 Å². The van der Waals surface area contributed by atoms with Crippen molar-refractivity contribution in [3.8, 4) is 16.8 Å². The summed E-state index contributed by atoms with van der Waals surface area (Å²) < 4.78 is 15.6. The summed E-state index contributed by atoms with van der Waals surface area (Å²) in [7, 11) is 0. The summed E-state index contributed by atoms with van der Waals surface area (Å²) in [6.07, 6.45) is 0. The molecule has 0 aliphatic heterocycles. The molecular formula is C24H17FN2. The lowest BCUT2D eigenvalue weighted by atomic mass is 10.0. The number of aromatic nitrogens is 1. The van der Waals surface area contributed by atoms with E-state index in [1.165, 1.54) is 22.9 Å². The topological polar surface area (TPSA) is 30.9 Å². The molecule has 0 spiro atoms. The normalized spacial score (nSPS) is 11.3. The molecule has 4 aromatic carbocycles. The van der Waals surface area contributed by atoms with Gasteiger partial charge in [0.25, 0.3) is 0 Å². The lowest BCUT2D eigenvalue weighted by molar-refractivity contribution is 0.627. The summed E-state index contributed by atoms with van der Waals surface area (Å²) in [6.45, 7) is 0. The third kappa shape index (κ3) is 2.56. The molecule has 0 amide bonds. The van der Waals surface area contributed by atoms with Gasteiger partial charge < -0.3 is 10.3 Å². The van der Waals surface area contributed by atoms with Crippen molar-refractivity contribution in [1.29, 1.82) is 0 Å². The Labute approximate surface area is 156 Å². The van der Waals surface area contributed by atoms with Gasteiger partial charge in [0, 0.05) is 22.1 Å². The van der Waals surface area contributed by atoms with Crippen molar-refractivity contribution in [1.82, 2.24) is 4.57 Å². The number of para-hydroxylation sites is 1. The minimum absolute atomic E-state index is 0.234. The first-order valence-electron chi connectivity index (χ1n) is 8.86. The maximum absolute atomic E-state index is 13.5. The molecule has 0 aliphatic carbocycles. The third-order valence-corrected chi connectivity index (χ3v) is 5.00. The van der Waals surface area contributed by atoms with Gasteiger partial charge >= 0.3 is 0 Å². The molecule has 0 radical (unpaired) electrons. The molecule has 0 saturated carbocycles. The molecule has 1 aromatic heterocycles. The van der Waals surface area contributed by atoms with Gasteiger partial charge in [-0.3, -0.25) is 0 Å². The second kappa shape index (κ2) is 5.99. The van der Waals surface area contributed by atoms with Gasteiger partial charge in [-0.15, -0.1) is 0 Å². The summed E-state index contributed by atoms with van der Waals surface area (Å²) in [4.78, 5) is 0. The molecule has 0 aliphatic rings. The molecule has 2 nitrogen and oxygen atoms in total. The van der Waals surface area contributed by atoms with Crippen LogP contribution in [0.2, 0.25) is 0 Å². The van der Waals surface area contributed by atoms with Crippen LogP contribution in [0.5, 0.6) is 0 Å². The molecular weight excluding hydrogens is 335 g/mol. The molecule has 0 bridgehead atoms. The first kappa shape index (κ1) is 15.6. The fraction of sp³-hybridized carbons (Fsp3) is 0. The monoisotopic (exact) mass is 352 g/mol. The van der Waals surface area contributed by atoms with E-state index in [4.69, 9.17) is 5.73 Å². The lowest BCUT2D eigenvalue weighted by Gasteiger charge is -2.09. The Bertz CT molecular complexity index is 1270. The predicted octanol–water partition coefficient (Wildman–Crippen LogP) is 6.17. The van der Waals surface area contributed by atoms with Crippen molar-refractivity contribution in [2.24, 2.45) is 0 Å². The minimum Gasteiger partial charge on any atom is -0.399 e. The van der Waals surface area contributed by atoms with Crippen LogP contribution in [0.4, 0.5) is 10.1 Å². The van der Waals surface area contributed by atoms with E-state index in [1.54, 1.807) is 0 Å². The zero-order valence-corrected chi connectivity index (χ0v) is 14.6. The highest BCUT2D eigenvalue weighted by atomic mass is 19.1. The Morgan fingerprint density at radius 1 is 0.630 bits per heavy atom. The summed E-state index contributed by atoms with van der Waals surface area (Å²) in [5.74, 6) is -0.234. The van der Waals surface area contributed by atoms with Crippen molar-refractivity contribution in [3.63, 3.8) is 0 Å². The molecule has 5 aromatic rings. The number of hydrogen-bond donors (Lipinski definition) is 1. The van der Waals surface area contributed by atoms with E-state index < -0.39 is 0 Å². The molecule has 27 heavy (non-hydrogen) atoms. The maximum atomic E-state index is 13.5. The van der Waals surface area contributed by atoms with E-state index in [2.05, 4.69) is 34.9 Å². The van der Waals surface area contributed by atoms with Crippen molar-refractivity contribution in [3.05, 3.63) is 96.8 Å². The molecule has 3 heteroatoms. The Balaban J connectivity index is 1.83. The van der Waals surface area contributed by atoms with E-state index in [1.807, 2.05) is 48.5 Å². The highest BCUT2D eigenvalue weighted by Gasteiger charge is 2.13. The number of nitrogens with zero attached hydrogens (tertiary/aromatic N) is 1. The van der Waals surface area contributed by atoms with Gasteiger partial charge in [-0.25, -0.2) is 4.39 Å². The Morgan fingerprint density at radius 3 is 2.07 bits per heavy atom. The SMILES string of the molecule is Nc1ccc(-c2ccc3c4ccccc4n(-c4ccc(F)cc4)c3c2)cc1. The molecule has 5 rings (SSSR count). The highest BCUT2D eigenvalue weighted by Crippen LogP contribution is 2.34. The Morgan fingerprint density at radius 2 is 1.30 bits per heavy atom. The standard InChI is InChI=1S/C24H17FN2/c25-18-8-12-20(13-9-18)27-23-4-2-1-3-21(23)22-14-7-17(15-24(22)27)16-5-10-19(26)11-6-16/h1-15H,26H2. The summed E-state index contributed by atoms with van der Waals surface area (Å²) in [5, 5.41) is 2.36. The minimum atomic E-state index is -0.234. The second-order valence-corrected chi connectivity index (χ2v) is 6.68. The molecule has 0 atom stereocenters. The largest absolute Gasteiger partial charge is 0.399 e. The molecule has 2 N–H and O–H groups in total. The van der Waals surface area contributed by atoms with Gasteiger partial charge in [0.2, 0.25) is 0 Å². The van der Waals surface area contributed by atoms with Crippen molar-refractivity contribution < 1.29 is 4.39 Å². The fourth-order valence-electron chi connectivity index (χ4n) is 3.69. The van der Waals surface area contributed by atoms with Crippen LogP contribution >= 0.6 is 0 Å². The maximum Gasteiger partial charge on any atom is 0.123 e. The van der Waals surface area contributed by atoms with Crippen LogP contribution in [-0.2, 0) is 0 Å². The molecule has 130 valence electrons. The average Bonchev–Trinajstić information content (AvgIpc) is 3.03. The van der Waals surface area contributed by atoms with E-state index in [9.17, 15) is 4.39 Å². The van der Waals surface area contributed by atoms with Crippen LogP contribution in [-0.4, -0.2) is 4.57 Å². The van der Waals surface area contributed by atoms with Crippen LogP contribution in [0.1, 0.15) is 0 Å². The van der Waals surface area contributed by atoms with Gasteiger partial charge in [-0.05, 0) is 59.7 Å². The van der Waals surface area contributed by atoms with Crippen LogP contribution in [0, 0.1) is 5.82 Å². The number of anilines is 1. The third-order valence-electron chi connectivity index (χ3n) is 5.00. The molecule has 0 saturated heterocycles. The number of nitrogens with two attached hydrogens (primary N) is 1. The first-order valence-corrected chi connectivity index (χ1v) is 8.86. The van der Waals surface area contributed by atoms with Gasteiger partial charge in [0.15, 0.2) is 0 Å². The van der Waals surface area contributed by atoms with E-state index in [-0.39, 0.29) is 5.82 Å². The Hall–Kier alpha value is -3.59. The van der Waals surface area contributed by atoms with Crippen molar-refractivity contribution >= 4 is 27.5 Å². The molecule has 1 heterocycles. The highest BCUT2D eigenvalue weighted by molar-refractivity contribution is 6.10. The average molecular weight is 352 g/mol. The van der Waals surface area contributed by atoms with Crippen LogP contribution in [0.3, 0.4) is 0 Å². The van der Waals surface area contributed by atoms with Gasteiger partial charge in [0.1, 0.15) is 5.82 Å². The zero-order valence-electron chi connectivity index (χ0n) is 14.6. The number of halogens is 1. The van der Waals surface area contributed by atoms with Gasteiger partial charge in [-0.1, -0.05) is 42.5 Å². The molecule has 0 unspecified atom stereocenters. The van der Waals surface area contributed by atoms with Crippen molar-refractivity contribution in [2.45, 2.75) is 0 Å². The second-order valence-electron chi connectivity index (χ2n) is 6.68. The molecule has 0 fully saturated rings. The Kier molecular flexibility index (Phi) is 3.47. The van der Waals surface area contributed by atoms with Gasteiger partial charge in [0.05, 0.1) is 11.0 Å². The van der Waals surface area contributed by atoms with E-state index in [0.29, 0.717) is 0 Å². The number of nitrogen functional groups attached to an aromatic ring is 1. The van der Waals surface area contributed by atoms with E-state index >= 15 is 0 Å². The predicted molar refractivity (Wildman–Crippen MR) is 111 cm³/mol. The number of hydrogen-bond acceptors (Lipinski definition) is 1. The summed E-state index contributed by atoms with van der Waals surface area (Å²) >= 11 is 0. The number of fused-ring (bicyclic) bond motifs is 3. The van der Waals surface area contributed by atoms with Crippen LogP contribution in [0.15, 0.2) is 91.0 Å². The van der Waals surface area contributed by atoms with Crippen molar-refractivity contribution in [2.75, 3.05) is 5.73 Å². The number of benzene rings is 4. The fourth-order valence-corrected chi connectivity index (χ4v) is 3.69. The van der Waals surface area contributed by atoms with Crippen LogP contribution in [0.25, 0.3) is 38.6 Å². The first-order chi connectivity index (χ1) is 13.2. The smallest absolute Gasteiger partial charge is 0.123 e. The quantitative estimate of drug-likeness (QED) is 0.378. The lowest BCUT2D eigenvalue weighted by Crippen LogP contribution is -1.94. The zero-order chi connectivity index (χ0) is 18.4. The summed E-state index contributed by atoms with van der Waals surface area (Å²) in [6, 6.07) is 29.3. The summed E-state index contributed by atoms with van der Waals surface area (Å²) in [5.41, 5.74) is 11.9.